The zero-order chi connectivity index (χ0) is 28.3. The molecule has 0 amide bonds. The molecule has 9 heteroatoms. The van der Waals surface area contributed by atoms with Crippen molar-refractivity contribution in [2.45, 2.75) is 50.9 Å². The third-order valence-electron chi connectivity index (χ3n) is 6.59. The standard InChI is InChI=1S/C29H43NO8/c1-20(2)38-28(32)29(27(31)37-8,22-11-13-24(34-5)26(19-22)36-7)15-9-16-30(3)17-14-21-10-12-23(33-4)25(18-21)35-6/h10-13,18-20,27,31H,9,14-17H2,1-8H3. The first-order valence-electron chi connectivity index (χ1n) is 12.7. The Morgan fingerprint density at radius 3 is 2.00 bits per heavy atom. The summed E-state index contributed by atoms with van der Waals surface area (Å²) >= 11 is 0. The number of carbonyl (C=O) groups excluding carboxylic acids is 1. The number of likely N-dealkylation sites (N-methyl/N-ethyl adjacent to an activating group) is 1. The molecule has 0 heterocycles. The third kappa shape index (κ3) is 7.52. The lowest BCUT2D eigenvalue weighted by molar-refractivity contribution is -0.182. The van der Waals surface area contributed by atoms with E-state index in [2.05, 4.69) is 4.90 Å². The summed E-state index contributed by atoms with van der Waals surface area (Å²) in [5.74, 6) is 1.80. The monoisotopic (exact) mass is 533 g/mol. The zero-order valence-corrected chi connectivity index (χ0v) is 23.9. The number of methoxy groups -OCH3 is 5. The number of aliphatic hydroxyl groups is 1. The molecule has 38 heavy (non-hydrogen) atoms. The van der Waals surface area contributed by atoms with Crippen LogP contribution in [0.25, 0.3) is 0 Å². The maximum absolute atomic E-state index is 13.6. The van der Waals surface area contributed by atoms with E-state index in [0.717, 1.165) is 18.5 Å². The molecule has 0 bridgehead atoms. The van der Waals surface area contributed by atoms with E-state index in [-0.39, 0.29) is 6.10 Å². The number of nitrogens with zero attached hydrogens (tertiary/aromatic N) is 1. The van der Waals surface area contributed by atoms with Gasteiger partial charge in [-0.1, -0.05) is 12.1 Å². The van der Waals surface area contributed by atoms with E-state index in [1.807, 2.05) is 25.2 Å². The molecule has 0 aliphatic rings. The Bertz CT molecular complexity index is 1030. The van der Waals surface area contributed by atoms with Crippen LogP contribution in [0.5, 0.6) is 23.0 Å². The van der Waals surface area contributed by atoms with Crippen LogP contribution in [0.2, 0.25) is 0 Å². The van der Waals surface area contributed by atoms with Crippen LogP contribution >= 0.6 is 0 Å². The van der Waals surface area contributed by atoms with Crippen molar-refractivity contribution in [2.24, 2.45) is 0 Å². The highest BCUT2D eigenvalue weighted by Gasteiger charge is 2.49. The Balaban J connectivity index is 2.23. The van der Waals surface area contributed by atoms with E-state index in [9.17, 15) is 9.90 Å². The van der Waals surface area contributed by atoms with E-state index < -0.39 is 17.7 Å². The molecule has 0 saturated carbocycles. The highest BCUT2D eigenvalue weighted by molar-refractivity contribution is 5.84. The van der Waals surface area contributed by atoms with Crippen molar-refractivity contribution in [1.29, 1.82) is 0 Å². The van der Waals surface area contributed by atoms with E-state index in [4.69, 9.17) is 28.4 Å². The van der Waals surface area contributed by atoms with Gasteiger partial charge in [0, 0.05) is 13.7 Å². The van der Waals surface area contributed by atoms with Crippen LogP contribution < -0.4 is 18.9 Å². The summed E-state index contributed by atoms with van der Waals surface area (Å²) < 4.78 is 32.6. The number of rotatable bonds is 16. The molecular formula is C29H43NO8. The Morgan fingerprint density at radius 2 is 1.45 bits per heavy atom. The van der Waals surface area contributed by atoms with Gasteiger partial charge in [-0.15, -0.1) is 0 Å². The van der Waals surface area contributed by atoms with Gasteiger partial charge in [0.15, 0.2) is 29.3 Å². The first-order valence-corrected chi connectivity index (χ1v) is 12.7. The Kier molecular flexibility index (Phi) is 12.2. The summed E-state index contributed by atoms with van der Waals surface area (Å²) in [5, 5.41) is 11.1. The number of benzene rings is 2. The predicted molar refractivity (Wildman–Crippen MR) is 145 cm³/mol. The summed E-state index contributed by atoms with van der Waals surface area (Å²) in [7, 11) is 9.70. The van der Waals surface area contributed by atoms with Gasteiger partial charge in [-0.2, -0.15) is 0 Å². The smallest absolute Gasteiger partial charge is 0.322 e. The highest BCUT2D eigenvalue weighted by atomic mass is 16.6. The maximum atomic E-state index is 13.6. The van der Waals surface area contributed by atoms with Crippen LogP contribution in [-0.2, 0) is 26.1 Å². The Labute approximate surface area is 226 Å². The van der Waals surface area contributed by atoms with Gasteiger partial charge in [-0.05, 0) is 82.1 Å². The predicted octanol–water partition coefficient (Wildman–Crippen LogP) is 3.83. The number of hydrogen-bond donors (Lipinski definition) is 1. The van der Waals surface area contributed by atoms with Crippen molar-refractivity contribution in [3.05, 3.63) is 47.5 Å². The molecule has 2 atom stereocenters. The van der Waals surface area contributed by atoms with Gasteiger partial charge < -0.3 is 38.4 Å². The average molecular weight is 534 g/mol. The molecule has 2 aromatic rings. The van der Waals surface area contributed by atoms with Crippen LogP contribution in [0.4, 0.5) is 0 Å². The lowest BCUT2D eigenvalue weighted by Crippen LogP contribution is -2.49. The van der Waals surface area contributed by atoms with Crippen molar-refractivity contribution < 1.29 is 38.3 Å². The molecule has 2 aromatic carbocycles. The van der Waals surface area contributed by atoms with E-state index in [1.54, 1.807) is 53.4 Å². The summed E-state index contributed by atoms with van der Waals surface area (Å²) in [5.41, 5.74) is 0.204. The molecule has 0 aliphatic heterocycles. The zero-order valence-electron chi connectivity index (χ0n) is 23.9. The molecular weight excluding hydrogens is 490 g/mol. The average Bonchev–Trinajstić information content (AvgIpc) is 2.92. The molecule has 212 valence electrons. The molecule has 0 fully saturated rings. The number of aliphatic hydroxyl groups excluding tert-OH is 1. The second-order valence-electron chi connectivity index (χ2n) is 9.43. The molecule has 0 radical (unpaired) electrons. The number of carbonyl (C=O) groups is 1. The van der Waals surface area contributed by atoms with Crippen molar-refractivity contribution >= 4 is 5.97 Å². The summed E-state index contributed by atoms with van der Waals surface area (Å²) in [6, 6.07) is 11.1. The summed E-state index contributed by atoms with van der Waals surface area (Å²) in [6.07, 6.45) is -0.0822. The fraction of sp³-hybridized carbons (Fsp3) is 0.552. The topological polar surface area (TPSA) is 95.9 Å². The van der Waals surface area contributed by atoms with Crippen LogP contribution in [-0.4, -0.2) is 84.1 Å². The van der Waals surface area contributed by atoms with Gasteiger partial charge in [-0.3, -0.25) is 4.79 Å². The Hall–Kier alpha value is -3.01. The highest BCUT2D eigenvalue weighted by Crippen LogP contribution is 2.40. The van der Waals surface area contributed by atoms with Crippen molar-refractivity contribution in [3.8, 4) is 23.0 Å². The van der Waals surface area contributed by atoms with Crippen LogP contribution in [0.1, 0.15) is 37.8 Å². The molecule has 2 rings (SSSR count). The lowest BCUT2D eigenvalue weighted by atomic mass is 9.75. The van der Waals surface area contributed by atoms with Crippen LogP contribution in [0, 0.1) is 0 Å². The fourth-order valence-electron chi connectivity index (χ4n) is 4.46. The van der Waals surface area contributed by atoms with Crippen LogP contribution in [0.15, 0.2) is 36.4 Å². The minimum absolute atomic E-state index is 0.295. The van der Waals surface area contributed by atoms with Crippen molar-refractivity contribution in [2.75, 3.05) is 55.7 Å². The van der Waals surface area contributed by atoms with Gasteiger partial charge in [0.05, 0.1) is 34.5 Å². The van der Waals surface area contributed by atoms with Gasteiger partial charge in [0.25, 0.3) is 0 Å². The van der Waals surface area contributed by atoms with Crippen molar-refractivity contribution in [3.63, 3.8) is 0 Å². The molecule has 0 aliphatic carbocycles. The molecule has 1 N–H and O–H groups in total. The largest absolute Gasteiger partial charge is 0.493 e. The summed E-state index contributed by atoms with van der Waals surface area (Å²) in [6.45, 7) is 5.03. The molecule has 2 unspecified atom stereocenters. The van der Waals surface area contributed by atoms with E-state index in [0.29, 0.717) is 47.9 Å². The molecule has 0 aromatic heterocycles. The Morgan fingerprint density at radius 1 is 0.868 bits per heavy atom. The first-order chi connectivity index (χ1) is 18.2. The van der Waals surface area contributed by atoms with Gasteiger partial charge in [0.1, 0.15) is 5.41 Å². The SMILES string of the molecule is COc1ccc(CCN(C)CCCC(C(=O)OC(C)C)(c2ccc(OC)c(OC)c2)C(O)OC)cc1OC. The van der Waals surface area contributed by atoms with Gasteiger partial charge >= 0.3 is 5.97 Å². The first kappa shape index (κ1) is 31.2. The van der Waals surface area contributed by atoms with E-state index >= 15 is 0 Å². The normalized spacial score (nSPS) is 13.7. The number of ether oxygens (including phenoxy) is 6. The summed E-state index contributed by atoms with van der Waals surface area (Å²) in [4.78, 5) is 15.7. The quantitative estimate of drug-likeness (QED) is 0.255. The number of esters is 1. The molecule has 0 saturated heterocycles. The van der Waals surface area contributed by atoms with Crippen LogP contribution in [0.3, 0.4) is 0 Å². The van der Waals surface area contributed by atoms with E-state index in [1.165, 1.54) is 14.2 Å². The molecule has 0 spiro atoms. The van der Waals surface area contributed by atoms with Crippen molar-refractivity contribution in [1.82, 2.24) is 4.90 Å². The second-order valence-corrected chi connectivity index (χ2v) is 9.43. The minimum atomic E-state index is -1.46. The lowest BCUT2D eigenvalue weighted by Gasteiger charge is -2.36. The molecule has 9 nitrogen and oxygen atoms in total. The van der Waals surface area contributed by atoms with Gasteiger partial charge in [-0.25, -0.2) is 0 Å². The maximum Gasteiger partial charge on any atom is 0.322 e. The number of hydrogen-bond acceptors (Lipinski definition) is 9. The second kappa shape index (κ2) is 14.8. The third-order valence-corrected chi connectivity index (χ3v) is 6.59. The fourth-order valence-corrected chi connectivity index (χ4v) is 4.46. The van der Waals surface area contributed by atoms with Gasteiger partial charge in [0.2, 0.25) is 0 Å². The minimum Gasteiger partial charge on any atom is -0.493 e.